The summed E-state index contributed by atoms with van der Waals surface area (Å²) in [6.07, 6.45) is 0. The van der Waals surface area contributed by atoms with E-state index in [-0.39, 0.29) is 25.8 Å². The van der Waals surface area contributed by atoms with E-state index in [1.807, 2.05) is 0 Å². The van der Waals surface area contributed by atoms with Crippen LogP contribution in [0.25, 0.3) is 32.3 Å². The second-order valence-electron chi connectivity index (χ2n) is 10.3. The fourth-order valence-corrected chi connectivity index (χ4v) is 6.69. The molecule has 6 aromatic carbocycles. The molecule has 15 nitrogen and oxygen atoms in total. The zero-order chi connectivity index (χ0) is 36.5. The van der Waals surface area contributed by atoms with Crippen molar-refractivity contribution in [3.63, 3.8) is 0 Å². The Kier molecular flexibility index (Phi) is 10.2. The maximum Gasteiger partial charge on any atom is 0.296 e. The Bertz CT molecular complexity index is 2700. The van der Waals surface area contributed by atoms with Crippen LogP contribution in [0.15, 0.2) is 123 Å². The molecule has 0 aliphatic carbocycles. The molecule has 0 atom stereocenters. The number of hydrogen-bond acceptors (Lipinski definition) is 11. The van der Waals surface area contributed by atoms with Crippen LogP contribution in [0, 0.1) is 0 Å². The summed E-state index contributed by atoms with van der Waals surface area (Å²) < 4.78 is 123. The average molecular weight is 750 g/mol. The molecule has 49 heavy (non-hydrogen) atoms. The summed E-state index contributed by atoms with van der Waals surface area (Å²) in [5.74, 6) is 0. The first-order chi connectivity index (χ1) is 22.5. The van der Waals surface area contributed by atoms with Gasteiger partial charge in [-0.2, -0.15) is 33.7 Å². The van der Waals surface area contributed by atoms with Crippen molar-refractivity contribution in [2.75, 3.05) is 17.2 Å². The monoisotopic (exact) mass is 749 g/mol. The van der Waals surface area contributed by atoms with E-state index in [0.717, 1.165) is 34.4 Å². The maximum atomic E-state index is 11.1. The molecule has 0 aliphatic rings. The molecule has 0 radical (unpaired) electrons. The third kappa shape index (κ3) is 9.19. The molecule has 6 aromatic rings. The molecule has 0 spiro atoms. The molecule has 10 N–H and O–H groups in total. The molecule has 0 aliphatic heterocycles. The first-order valence-corrected chi connectivity index (χ1v) is 19.1. The third-order valence-electron chi connectivity index (χ3n) is 6.83. The van der Waals surface area contributed by atoms with Crippen molar-refractivity contribution in [3.8, 4) is 0 Å². The van der Waals surface area contributed by atoms with Gasteiger partial charge in [-0.05, 0) is 93.7 Å². The number of nitrogen functional groups attached to an aromatic ring is 3. The van der Waals surface area contributed by atoms with E-state index in [4.69, 9.17) is 35.4 Å². The average Bonchev–Trinajstić information content (AvgIpc) is 2.99. The second-order valence-corrected chi connectivity index (χ2v) is 16.0. The molecule has 0 amide bonds. The number of benzene rings is 6. The predicted octanol–water partition coefficient (Wildman–Crippen LogP) is 4.25. The lowest BCUT2D eigenvalue weighted by Gasteiger charge is -2.06. The summed E-state index contributed by atoms with van der Waals surface area (Å²) >= 11 is 0. The zero-order valence-electron chi connectivity index (χ0n) is 24.7. The summed E-state index contributed by atoms with van der Waals surface area (Å²) in [6, 6.07) is 24.9. The van der Waals surface area contributed by atoms with Crippen LogP contribution in [0.5, 0.6) is 0 Å². The number of fused-ring (bicyclic) bond motifs is 3. The van der Waals surface area contributed by atoms with E-state index < -0.39 is 45.4 Å². The number of hydrogen-bond donors (Lipinski definition) is 7. The molecule has 0 bridgehead atoms. The van der Waals surface area contributed by atoms with Crippen LogP contribution in [0.2, 0.25) is 0 Å². The second kappa shape index (κ2) is 13.6. The summed E-state index contributed by atoms with van der Waals surface area (Å²) in [5.41, 5.74) is 17.8. The van der Waals surface area contributed by atoms with Crippen molar-refractivity contribution in [1.82, 2.24) is 0 Å². The van der Waals surface area contributed by atoms with Crippen LogP contribution in [0.1, 0.15) is 0 Å². The van der Waals surface area contributed by atoms with E-state index in [1.54, 1.807) is 48.5 Å². The van der Waals surface area contributed by atoms with Gasteiger partial charge in [0.25, 0.3) is 40.5 Å². The van der Waals surface area contributed by atoms with Gasteiger partial charge in [0.15, 0.2) is 0 Å². The van der Waals surface area contributed by atoms with Crippen molar-refractivity contribution in [2.24, 2.45) is 0 Å². The number of nitrogens with two attached hydrogens (primary N) is 3. The van der Waals surface area contributed by atoms with Gasteiger partial charge in [-0.3, -0.25) is 18.2 Å². The summed E-state index contributed by atoms with van der Waals surface area (Å²) in [7, 11) is -17.2. The van der Waals surface area contributed by atoms with Crippen LogP contribution < -0.4 is 17.2 Å². The molecule has 6 rings (SSSR count). The van der Waals surface area contributed by atoms with Crippen LogP contribution in [-0.2, 0) is 40.5 Å². The van der Waals surface area contributed by atoms with Crippen LogP contribution in [0.4, 0.5) is 17.1 Å². The van der Waals surface area contributed by atoms with Gasteiger partial charge in [0.05, 0.1) is 20.4 Å². The largest absolute Gasteiger partial charge is 0.399 e. The minimum atomic E-state index is -4.51. The van der Waals surface area contributed by atoms with E-state index in [1.165, 1.54) is 36.4 Å². The maximum absolute atomic E-state index is 11.1. The Balaban J connectivity index is 0.000000167. The highest BCUT2D eigenvalue weighted by Crippen LogP contribution is 2.28. The Morgan fingerprint density at radius 3 is 1.37 bits per heavy atom. The molecule has 0 saturated carbocycles. The summed E-state index contributed by atoms with van der Waals surface area (Å²) in [5, 5.41) is 3.69. The van der Waals surface area contributed by atoms with Crippen molar-refractivity contribution in [2.45, 2.75) is 19.6 Å². The van der Waals surface area contributed by atoms with Gasteiger partial charge in [0.2, 0.25) is 0 Å². The molecule has 0 saturated heterocycles. The molecular formula is C30H27N3O12S4. The van der Waals surface area contributed by atoms with E-state index in [2.05, 4.69) is 0 Å². The molecule has 0 fully saturated rings. The quantitative estimate of drug-likeness (QED) is 0.0979. The van der Waals surface area contributed by atoms with E-state index in [0.29, 0.717) is 22.1 Å². The predicted molar refractivity (Wildman–Crippen MR) is 184 cm³/mol. The Labute approximate surface area is 280 Å². The Hall–Kier alpha value is -4.86. The first-order valence-electron chi connectivity index (χ1n) is 13.3. The molecule has 0 aromatic heterocycles. The van der Waals surface area contributed by atoms with Crippen LogP contribution in [-0.4, -0.2) is 51.9 Å². The van der Waals surface area contributed by atoms with Gasteiger partial charge >= 0.3 is 0 Å². The SMILES string of the molecule is Nc1cc2ccc(S(=O)(=O)O)cc2cc1S(=O)(=O)O.Nc1ccc2cc(S(=O)(=O)O)ccc2c1.Nc1cccc2cc(S(=O)(=O)O)ccc12. The van der Waals surface area contributed by atoms with Crippen molar-refractivity contribution in [3.05, 3.63) is 103 Å². The Morgan fingerprint density at radius 1 is 0.388 bits per heavy atom. The highest BCUT2D eigenvalue weighted by Gasteiger charge is 2.17. The summed E-state index contributed by atoms with van der Waals surface area (Å²) in [4.78, 5) is -1.14. The topological polar surface area (TPSA) is 296 Å². The minimum absolute atomic E-state index is 0.111. The normalized spacial score (nSPS) is 12.2. The minimum Gasteiger partial charge on any atom is -0.399 e. The van der Waals surface area contributed by atoms with Gasteiger partial charge in [0.1, 0.15) is 4.90 Å². The van der Waals surface area contributed by atoms with E-state index in [9.17, 15) is 33.7 Å². The van der Waals surface area contributed by atoms with Crippen LogP contribution >= 0.6 is 0 Å². The van der Waals surface area contributed by atoms with Gasteiger partial charge < -0.3 is 17.2 Å². The van der Waals surface area contributed by atoms with Gasteiger partial charge in [-0.1, -0.05) is 36.4 Å². The standard InChI is InChI=1S/C10H9NO6S2.2C10H9NO3S/c11-9-4-6-1-2-8(18(12,13)14)3-7(6)5-10(9)19(15,16)17;11-9-3-1-8-6-10(15(12,13)14)4-2-7(8)5-9;11-10-3-1-2-7-6-8(15(12,13)14)4-5-9(7)10/h1-5H,11H2,(H,12,13,14)(H,15,16,17);2*1-6H,11H2,(H,12,13,14). The van der Waals surface area contributed by atoms with Crippen LogP contribution in [0.3, 0.4) is 0 Å². The smallest absolute Gasteiger partial charge is 0.296 e. The Morgan fingerprint density at radius 2 is 0.837 bits per heavy atom. The fraction of sp³-hybridized carbons (Fsp3) is 0. The third-order valence-corrected chi connectivity index (χ3v) is 10.3. The van der Waals surface area contributed by atoms with Crippen molar-refractivity contribution >= 4 is 89.9 Å². The molecule has 19 heteroatoms. The summed E-state index contributed by atoms with van der Waals surface area (Å²) in [6.45, 7) is 0. The lowest BCUT2D eigenvalue weighted by molar-refractivity contribution is 0.481. The molecule has 0 heterocycles. The highest BCUT2D eigenvalue weighted by atomic mass is 32.2. The number of anilines is 3. The highest BCUT2D eigenvalue weighted by molar-refractivity contribution is 7.86. The lowest BCUT2D eigenvalue weighted by Crippen LogP contribution is -2.03. The van der Waals surface area contributed by atoms with Crippen molar-refractivity contribution < 1.29 is 51.9 Å². The molecule has 258 valence electrons. The molecule has 0 unspecified atom stereocenters. The fourth-order valence-electron chi connectivity index (χ4n) is 4.51. The van der Waals surface area contributed by atoms with Gasteiger partial charge in [-0.25, -0.2) is 0 Å². The lowest BCUT2D eigenvalue weighted by atomic mass is 10.1. The molecular weight excluding hydrogens is 723 g/mol. The van der Waals surface area contributed by atoms with Crippen molar-refractivity contribution in [1.29, 1.82) is 0 Å². The zero-order valence-corrected chi connectivity index (χ0v) is 28.0. The van der Waals surface area contributed by atoms with Gasteiger partial charge in [0, 0.05) is 16.8 Å². The number of rotatable bonds is 4. The van der Waals surface area contributed by atoms with Gasteiger partial charge in [-0.15, -0.1) is 0 Å². The first kappa shape index (κ1) is 37.0. The van der Waals surface area contributed by atoms with E-state index >= 15 is 0 Å².